The van der Waals surface area contributed by atoms with Gasteiger partial charge in [0.2, 0.25) is 5.95 Å². The standard InChI is InChI=1S/C31H41N9O2/c1-4-27-26(23-13-22(2)29(41)36(3)16-23)5-6-28(35-27)39-11-9-37-8-10-38(17-25(37)18-39)24-14-33-30(34-15-24)40-20-31(21-40)19-32-7-12-42-31/h5-6,13-16,25,32H,4,7-12,17-21H2,1-3H3. The third kappa shape index (κ3) is 5.03. The van der Waals surface area contributed by atoms with E-state index < -0.39 is 0 Å². The molecule has 7 heterocycles. The van der Waals surface area contributed by atoms with Gasteiger partial charge in [-0.2, -0.15) is 0 Å². The molecule has 3 aromatic rings. The van der Waals surface area contributed by atoms with Crippen LogP contribution in [-0.4, -0.2) is 108 Å². The average molecular weight is 572 g/mol. The van der Waals surface area contributed by atoms with E-state index in [9.17, 15) is 4.79 Å². The monoisotopic (exact) mass is 571 g/mol. The molecule has 4 saturated heterocycles. The van der Waals surface area contributed by atoms with Crippen molar-refractivity contribution in [1.29, 1.82) is 0 Å². The number of nitrogens with zero attached hydrogens (tertiary/aromatic N) is 8. The third-order valence-corrected chi connectivity index (χ3v) is 9.35. The highest BCUT2D eigenvalue weighted by molar-refractivity contribution is 5.67. The number of rotatable bonds is 5. The van der Waals surface area contributed by atoms with E-state index >= 15 is 0 Å². The Morgan fingerprint density at radius 2 is 1.81 bits per heavy atom. The Hall–Kier alpha value is -3.54. The predicted molar refractivity (Wildman–Crippen MR) is 165 cm³/mol. The largest absolute Gasteiger partial charge is 0.369 e. The van der Waals surface area contributed by atoms with Crippen LogP contribution in [0.4, 0.5) is 17.5 Å². The normalized spacial score (nSPS) is 22.3. The molecule has 1 N–H and O–H groups in total. The Morgan fingerprint density at radius 1 is 1.05 bits per heavy atom. The Balaban J connectivity index is 1.02. The maximum atomic E-state index is 12.2. The molecule has 1 spiro atoms. The molecule has 0 saturated carbocycles. The number of nitrogens with one attached hydrogen (secondary N) is 1. The van der Waals surface area contributed by atoms with Crippen molar-refractivity contribution in [2.75, 3.05) is 86.8 Å². The van der Waals surface area contributed by atoms with Crippen LogP contribution in [0.5, 0.6) is 0 Å². The summed E-state index contributed by atoms with van der Waals surface area (Å²) in [7, 11) is 1.81. The number of anilines is 3. The number of piperazine rings is 2. The lowest BCUT2D eigenvalue weighted by atomic mass is 9.93. The molecule has 11 nitrogen and oxygen atoms in total. The molecule has 0 bridgehead atoms. The van der Waals surface area contributed by atoms with Crippen LogP contribution < -0.4 is 25.6 Å². The van der Waals surface area contributed by atoms with Gasteiger partial charge in [0.25, 0.3) is 5.56 Å². The van der Waals surface area contributed by atoms with Crippen LogP contribution in [0, 0.1) is 6.92 Å². The van der Waals surface area contributed by atoms with E-state index in [1.165, 1.54) is 0 Å². The molecule has 0 radical (unpaired) electrons. The van der Waals surface area contributed by atoms with Crippen LogP contribution in [-0.2, 0) is 18.2 Å². The molecule has 11 heteroatoms. The fourth-order valence-electron chi connectivity index (χ4n) is 6.96. The number of aryl methyl sites for hydroxylation is 3. The molecular formula is C31H41N9O2. The van der Waals surface area contributed by atoms with Gasteiger partial charge < -0.3 is 29.3 Å². The molecule has 3 aromatic heterocycles. The minimum absolute atomic E-state index is 0.0415. The molecule has 1 atom stereocenters. The minimum atomic E-state index is -0.0725. The van der Waals surface area contributed by atoms with Gasteiger partial charge in [-0.05, 0) is 31.5 Å². The molecular weight excluding hydrogens is 530 g/mol. The Morgan fingerprint density at radius 3 is 2.52 bits per heavy atom. The summed E-state index contributed by atoms with van der Waals surface area (Å²) >= 11 is 0. The highest BCUT2D eigenvalue weighted by atomic mass is 16.5. The van der Waals surface area contributed by atoms with Gasteiger partial charge in [-0.1, -0.05) is 6.92 Å². The summed E-state index contributed by atoms with van der Waals surface area (Å²) in [5.41, 5.74) is 5.01. The second kappa shape index (κ2) is 10.9. The van der Waals surface area contributed by atoms with Crippen molar-refractivity contribution in [3.63, 3.8) is 0 Å². The smallest absolute Gasteiger partial charge is 0.253 e. The lowest BCUT2D eigenvalue weighted by Crippen LogP contribution is -2.70. The molecule has 222 valence electrons. The molecule has 4 aliphatic rings. The maximum absolute atomic E-state index is 12.2. The summed E-state index contributed by atoms with van der Waals surface area (Å²) in [5, 5.41) is 3.44. The summed E-state index contributed by atoms with van der Waals surface area (Å²) in [6.07, 6.45) is 6.72. The van der Waals surface area contributed by atoms with Crippen LogP contribution in [0.3, 0.4) is 0 Å². The van der Waals surface area contributed by atoms with E-state index in [0.29, 0.717) is 6.04 Å². The highest BCUT2D eigenvalue weighted by Gasteiger charge is 2.46. The summed E-state index contributed by atoms with van der Waals surface area (Å²) in [4.78, 5) is 36.5. The molecule has 0 aliphatic carbocycles. The topological polar surface area (TPSA) is 94.9 Å². The second-order valence-electron chi connectivity index (χ2n) is 12.2. The van der Waals surface area contributed by atoms with E-state index in [4.69, 9.17) is 19.7 Å². The lowest BCUT2D eigenvalue weighted by Gasteiger charge is -2.51. The quantitative estimate of drug-likeness (QED) is 0.483. The van der Waals surface area contributed by atoms with Crippen molar-refractivity contribution < 1.29 is 4.74 Å². The van der Waals surface area contributed by atoms with E-state index in [0.717, 1.165) is 118 Å². The average Bonchev–Trinajstić information content (AvgIpc) is 3.02. The fourth-order valence-corrected chi connectivity index (χ4v) is 6.96. The van der Waals surface area contributed by atoms with Gasteiger partial charge in [-0.15, -0.1) is 0 Å². The van der Waals surface area contributed by atoms with Gasteiger partial charge in [0.15, 0.2) is 0 Å². The Kier molecular flexibility index (Phi) is 7.11. The second-order valence-corrected chi connectivity index (χ2v) is 12.2. The highest BCUT2D eigenvalue weighted by Crippen LogP contribution is 2.31. The first kappa shape index (κ1) is 27.3. The maximum Gasteiger partial charge on any atom is 0.253 e. The number of hydrogen-bond acceptors (Lipinski definition) is 10. The molecule has 4 aliphatic heterocycles. The molecule has 1 unspecified atom stereocenters. The summed E-state index contributed by atoms with van der Waals surface area (Å²) in [6, 6.07) is 6.71. The number of morpholine rings is 1. The number of fused-ring (bicyclic) bond motifs is 1. The molecule has 0 aromatic carbocycles. The van der Waals surface area contributed by atoms with Crippen LogP contribution in [0.2, 0.25) is 0 Å². The molecule has 0 amide bonds. The lowest BCUT2D eigenvalue weighted by molar-refractivity contribution is -0.0834. The van der Waals surface area contributed by atoms with Crippen molar-refractivity contribution >= 4 is 17.5 Å². The van der Waals surface area contributed by atoms with Gasteiger partial charge in [-0.25, -0.2) is 15.0 Å². The van der Waals surface area contributed by atoms with E-state index in [2.05, 4.69) is 44.0 Å². The van der Waals surface area contributed by atoms with Crippen molar-refractivity contribution in [3.05, 3.63) is 58.4 Å². The van der Waals surface area contributed by atoms with Crippen LogP contribution in [0.1, 0.15) is 18.2 Å². The fraction of sp³-hybridized carbons (Fsp3) is 0.548. The first-order chi connectivity index (χ1) is 20.4. The Bertz CT molecular complexity index is 1470. The summed E-state index contributed by atoms with van der Waals surface area (Å²) < 4.78 is 7.68. The molecule has 7 rings (SSSR count). The number of aromatic nitrogens is 4. The third-order valence-electron chi connectivity index (χ3n) is 9.35. The number of pyridine rings is 2. The van der Waals surface area contributed by atoms with Gasteiger partial charge in [0, 0.05) is 88.3 Å². The van der Waals surface area contributed by atoms with Crippen LogP contribution in [0.25, 0.3) is 11.1 Å². The first-order valence-electron chi connectivity index (χ1n) is 15.2. The number of ether oxygens (including phenoxy) is 1. The summed E-state index contributed by atoms with van der Waals surface area (Å²) in [5.74, 6) is 1.82. The number of hydrogen-bond donors (Lipinski definition) is 1. The van der Waals surface area contributed by atoms with Gasteiger partial charge in [-0.3, -0.25) is 9.69 Å². The van der Waals surface area contributed by atoms with Gasteiger partial charge >= 0.3 is 0 Å². The SMILES string of the molecule is CCc1nc(N2CCN3CCN(c4cnc(N5CC6(CNCCO6)C5)nc4)CC3C2)ccc1-c1cc(C)c(=O)n(C)c1. The van der Waals surface area contributed by atoms with E-state index in [1.807, 2.05) is 38.6 Å². The van der Waals surface area contributed by atoms with Crippen LogP contribution in [0.15, 0.2) is 41.6 Å². The zero-order valence-corrected chi connectivity index (χ0v) is 24.9. The zero-order chi connectivity index (χ0) is 28.8. The predicted octanol–water partition coefficient (Wildman–Crippen LogP) is 1.30. The van der Waals surface area contributed by atoms with Gasteiger partial charge in [0.1, 0.15) is 11.4 Å². The van der Waals surface area contributed by atoms with Crippen molar-refractivity contribution in [2.24, 2.45) is 7.05 Å². The first-order valence-corrected chi connectivity index (χ1v) is 15.2. The van der Waals surface area contributed by atoms with Gasteiger partial charge in [0.05, 0.1) is 43.5 Å². The van der Waals surface area contributed by atoms with Crippen LogP contribution >= 0.6 is 0 Å². The van der Waals surface area contributed by atoms with E-state index in [-0.39, 0.29) is 11.2 Å². The van der Waals surface area contributed by atoms with Crippen molar-refractivity contribution in [1.82, 2.24) is 29.7 Å². The van der Waals surface area contributed by atoms with Crippen molar-refractivity contribution in [2.45, 2.75) is 31.9 Å². The minimum Gasteiger partial charge on any atom is -0.369 e. The Labute approximate surface area is 247 Å². The zero-order valence-electron chi connectivity index (χ0n) is 24.9. The summed E-state index contributed by atoms with van der Waals surface area (Å²) in [6.45, 7) is 14.2. The van der Waals surface area contributed by atoms with Crippen molar-refractivity contribution in [3.8, 4) is 11.1 Å². The molecule has 42 heavy (non-hydrogen) atoms. The van der Waals surface area contributed by atoms with E-state index in [1.54, 1.807) is 4.57 Å². The molecule has 4 fully saturated rings.